The highest BCUT2D eigenvalue weighted by atomic mass is 35.5. The molecule has 0 radical (unpaired) electrons. The Balaban J connectivity index is 2.28. The molecule has 2 rings (SSSR count). The molecule has 0 bridgehead atoms. The first-order valence-electron chi connectivity index (χ1n) is 5.72. The van der Waals surface area contributed by atoms with Crippen molar-refractivity contribution in [1.29, 1.82) is 0 Å². The quantitative estimate of drug-likeness (QED) is 0.899. The summed E-state index contributed by atoms with van der Waals surface area (Å²) in [7, 11) is 0. The molecule has 0 unspecified atom stereocenters. The summed E-state index contributed by atoms with van der Waals surface area (Å²) in [6.45, 7) is 2.28. The van der Waals surface area contributed by atoms with Crippen molar-refractivity contribution in [3.63, 3.8) is 0 Å². The van der Waals surface area contributed by atoms with Crippen molar-refractivity contribution in [3.8, 4) is 5.88 Å². The first kappa shape index (κ1) is 13.4. The number of hydrogen-bond acceptors (Lipinski definition) is 4. The molecule has 1 aromatic heterocycles. The molecule has 0 spiro atoms. The van der Waals surface area contributed by atoms with Crippen LogP contribution in [-0.2, 0) is 0 Å². The Morgan fingerprint density at radius 3 is 2.89 bits per heavy atom. The van der Waals surface area contributed by atoms with E-state index in [0.717, 1.165) is 0 Å². The number of hydrogen-bond donors (Lipinski definition) is 2. The number of rotatable bonds is 4. The van der Waals surface area contributed by atoms with Gasteiger partial charge in [-0.15, -0.1) is 0 Å². The fourth-order valence-corrected chi connectivity index (χ4v) is 1.69. The lowest BCUT2D eigenvalue weighted by atomic mass is 10.3. The first-order valence-corrected chi connectivity index (χ1v) is 6.10. The summed E-state index contributed by atoms with van der Waals surface area (Å²) in [6.07, 6.45) is 0. The Morgan fingerprint density at radius 2 is 2.16 bits per heavy atom. The van der Waals surface area contributed by atoms with Crippen LogP contribution in [0.25, 0.3) is 0 Å². The van der Waals surface area contributed by atoms with E-state index in [2.05, 4.69) is 10.3 Å². The average molecular weight is 282 g/mol. The monoisotopic (exact) mass is 281 g/mol. The van der Waals surface area contributed by atoms with Crippen LogP contribution in [0, 0.1) is 5.82 Å². The van der Waals surface area contributed by atoms with Gasteiger partial charge in [0, 0.05) is 0 Å². The van der Waals surface area contributed by atoms with Crippen molar-refractivity contribution in [3.05, 3.63) is 41.2 Å². The van der Waals surface area contributed by atoms with E-state index < -0.39 is 5.82 Å². The highest BCUT2D eigenvalue weighted by Crippen LogP contribution is 2.27. The fraction of sp³-hybridized carbons (Fsp3) is 0.154. The number of halogens is 2. The Labute approximate surface area is 115 Å². The van der Waals surface area contributed by atoms with E-state index in [9.17, 15) is 4.39 Å². The van der Waals surface area contributed by atoms with E-state index in [4.69, 9.17) is 22.1 Å². The molecular formula is C13H13ClFN3O. The lowest BCUT2D eigenvalue weighted by molar-refractivity contribution is 0.329. The zero-order valence-electron chi connectivity index (χ0n) is 10.3. The van der Waals surface area contributed by atoms with Crippen LogP contribution < -0.4 is 15.8 Å². The number of ether oxygens (including phenoxy) is 1. The van der Waals surface area contributed by atoms with Crippen LogP contribution in [-0.4, -0.2) is 11.6 Å². The molecule has 19 heavy (non-hydrogen) atoms. The van der Waals surface area contributed by atoms with Crippen LogP contribution in [0.2, 0.25) is 5.02 Å². The van der Waals surface area contributed by atoms with E-state index in [1.54, 1.807) is 24.3 Å². The van der Waals surface area contributed by atoms with E-state index in [1.165, 1.54) is 6.07 Å². The number of nitrogens with two attached hydrogens (primary N) is 1. The van der Waals surface area contributed by atoms with Crippen LogP contribution in [0.5, 0.6) is 5.88 Å². The van der Waals surface area contributed by atoms with Gasteiger partial charge in [0.15, 0.2) is 5.82 Å². The fourth-order valence-electron chi connectivity index (χ4n) is 1.51. The summed E-state index contributed by atoms with van der Waals surface area (Å²) < 4.78 is 19.0. The third-order valence-electron chi connectivity index (χ3n) is 2.39. The van der Waals surface area contributed by atoms with Gasteiger partial charge < -0.3 is 15.8 Å². The van der Waals surface area contributed by atoms with Gasteiger partial charge in [-0.2, -0.15) is 4.98 Å². The van der Waals surface area contributed by atoms with E-state index in [-0.39, 0.29) is 10.7 Å². The van der Waals surface area contributed by atoms with E-state index in [1.807, 2.05) is 6.92 Å². The van der Waals surface area contributed by atoms with Crippen LogP contribution in [0.1, 0.15) is 6.92 Å². The SMILES string of the molecule is CCOc1nc(Nc2cccc(Cl)c2F)ccc1N. The zero-order valence-corrected chi connectivity index (χ0v) is 11.0. The maximum absolute atomic E-state index is 13.7. The van der Waals surface area contributed by atoms with Gasteiger partial charge in [0.25, 0.3) is 0 Å². The standard InChI is InChI=1S/C13H13ClFN3O/c1-2-19-13-9(16)6-7-11(18-13)17-10-5-3-4-8(14)12(10)15/h3-7H,2,16H2,1H3,(H,17,18). The van der Waals surface area contributed by atoms with Gasteiger partial charge in [-0.25, -0.2) is 4.39 Å². The largest absolute Gasteiger partial charge is 0.476 e. The zero-order chi connectivity index (χ0) is 13.8. The minimum atomic E-state index is -0.527. The smallest absolute Gasteiger partial charge is 0.239 e. The average Bonchev–Trinajstić information content (AvgIpc) is 2.39. The number of aromatic nitrogens is 1. The highest BCUT2D eigenvalue weighted by Gasteiger charge is 2.08. The lowest BCUT2D eigenvalue weighted by Crippen LogP contribution is -2.02. The number of nitrogens with zero attached hydrogens (tertiary/aromatic N) is 1. The second kappa shape index (κ2) is 5.75. The molecule has 0 aliphatic heterocycles. The Bertz CT molecular complexity index is 592. The Morgan fingerprint density at radius 1 is 1.37 bits per heavy atom. The van der Waals surface area contributed by atoms with Crippen molar-refractivity contribution in [2.75, 3.05) is 17.7 Å². The second-order valence-electron chi connectivity index (χ2n) is 3.75. The second-order valence-corrected chi connectivity index (χ2v) is 4.16. The molecule has 0 saturated carbocycles. The maximum atomic E-state index is 13.7. The third kappa shape index (κ3) is 3.06. The molecule has 6 heteroatoms. The Kier molecular flexibility index (Phi) is 4.06. The minimum Gasteiger partial charge on any atom is -0.476 e. The van der Waals surface area contributed by atoms with E-state index >= 15 is 0 Å². The van der Waals surface area contributed by atoms with Crippen molar-refractivity contribution in [1.82, 2.24) is 4.98 Å². The van der Waals surface area contributed by atoms with Gasteiger partial charge in [-0.3, -0.25) is 0 Å². The van der Waals surface area contributed by atoms with Crippen LogP contribution >= 0.6 is 11.6 Å². The van der Waals surface area contributed by atoms with Gasteiger partial charge >= 0.3 is 0 Å². The maximum Gasteiger partial charge on any atom is 0.239 e. The van der Waals surface area contributed by atoms with Gasteiger partial charge in [0.05, 0.1) is 23.0 Å². The normalized spacial score (nSPS) is 10.3. The summed E-state index contributed by atoms with van der Waals surface area (Å²) in [4.78, 5) is 4.16. The molecule has 0 aliphatic rings. The van der Waals surface area contributed by atoms with Gasteiger partial charge in [-0.1, -0.05) is 17.7 Å². The van der Waals surface area contributed by atoms with Gasteiger partial charge in [-0.05, 0) is 31.2 Å². The molecule has 0 aliphatic carbocycles. The van der Waals surface area contributed by atoms with E-state index in [0.29, 0.717) is 24.0 Å². The molecule has 0 amide bonds. The van der Waals surface area contributed by atoms with Crippen LogP contribution in [0.4, 0.5) is 21.6 Å². The molecule has 100 valence electrons. The summed E-state index contributed by atoms with van der Waals surface area (Å²) in [6, 6.07) is 7.97. The van der Waals surface area contributed by atoms with Gasteiger partial charge in [0.2, 0.25) is 5.88 Å². The predicted octanol–water partition coefficient (Wildman–Crippen LogP) is 3.60. The van der Waals surface area contributed by atoms with Crippen molar-refractivity contribution >= 4 is 28.8 Å². The van der Waals surface area contributed by atoms with Crippen LogP contribution in [0.3, 0.4) is 0 Å². The number of nitrogens with one attached hydrogen (secondary N) is 1. The summed E-state index contributed by atoms with van der Waals surface area (Å²) in [5.41, 5.74) is 6.38. The molecule has 0 atom stereocenters. The Hall–Kier alpha value is -2.01. The summed E-state index contributed by atoms with van der Waals surface area (Å²) in [5.74, 6) is 0.217. The highest BCUT2D eigenvalue weighted by molar-refractivity contribution is 6.31. The molecule has 2 aromatic rings. The number of nitrogen functional groups attached to an aromatic ring is 1. The first-order chi connectivity index (χ1) is 9.11. The number of benzene rings is 1. The third-order valence-corrected chi connectivity index (χ3v) is 2.68. The predicted molar refractivity (Wildman–Crippen MR) is 74.5 cm³/mol. The molecule has 0 saturated heterocycles. The number of anilines is 3. The minimum absolute atomic E-state index is 0.0467. The molecule has 4 nitrogen and oxygen atoms in total. The molecule has 1 aromatic carbocycles. The van der Waals surface area contributed by atoms with Crippen LogP contribution in [0.15, 0.2) is 30.3 Å². The summed E-state index contributed by atoms with van der Waals surface area (Å²) >= 11 is 5.71. The lowest BCUT2D eigenvalue weighted by Gasteiger charge is -2.10. The molecule has 0 fully saturated rings. The molecular weight excluding hydrogens is 269 g/mol. The molecule has 3 N–H and O–H groups in total. The van der Waals surface area contributed by atoms with Crippen molar-refractivity contribution < 1.29 is 9.13 Å². The van der Waals surface area contributed by atoms with Crippen molar-refractivity contribution in [2.45, 2.75) is 6.92 Å². The summed E-state index contributed by atoms with van der Waals surface area (Å²) in [5, 5.41) is 2.88. The topological polar surface area (TPSA) is 60.2 Å². The number of pyridine rings is 1. The van der Waals surface area contributed by atoms with Crippen molar-refractivity contribution in [2.24, 2.45) is 0 Å². The van der Waals surface area contributed by atoms with Gasteiger partial charge in [0.1, 0.15) is 5.82 Å². The molecule has 1 heterocycles.